The van der Waals surface area contributed by atoms with Gasteiger partial charge in [0.1, 0.15) is 0 Å². The number of aromatic nitrogens is 2. The van der Waals surface area contributed by atoms with E-state index in [9.17, 15) is 0 Å². The monoisotopic (exact) mass is 355 g/mol. The molecule has 0 aliphatic carbocycles. The number of nitrogens with one attached hydrogen (secondary N) is 1. The van der Waals surface area contributed by atoms with E-state index in [0.717, 1.165) is 23.1 Å². The third kappa shape index (κ3) is 3.25. The molecule has 0 aliphatic heterocycles. The summed E-state index contributed by atoms with van der Waals surface area (Å²) in [6.45, 7) is 5.16. The van der Waals surface area contributed by atoms with Crippen molar-refractivity contribution in [3.8, 4) is 0 Å². The summed E-state index contributed by atoms with van der Waals surface area (Å²) in [4.78, 5) is 0. The minimum absolute atomic E-state index is 0.0323. The normalized spacial score (nSPS) is 12.7. The first-order valence-corrected chi connectivity index (χ1v) is 7.88. The van der Waals surface area contributed by atoms with Gasteiger partial charge in [-0.25, -0.2) is 0 Å². The lowest BCUT2D eigenvalue weighted by atomic mass is 10.0. The minimum Gasteiger partial charge on any atom is -0.305 e. The van der Waals surface area contributed by atoms with Crippen LogP contribution in [0.1, 0.15) is 36.2 Å². The smallest absolute Gasteiger partial charge is 0.0837 e. The first-order chi connectivity index (χ1) is 9.54. The molecule has 3 nitrogen and oxygen atoms in total. The van der Waals surface area contributed by atoms with Crippen LogP contribution in [0.4, 0.5) is 0 Å². The van der Waals surface area contributed by atoms with Crippen molar-refractivity contribution in [1.82, 2.24) is 15.1 Å². The van der Waals surface area contributed by atoms with Gasteiger partial charge < -0.3 is 5.32 Å². The number of aryl methyl sites for hydroxylation is 2. The van der Waals surface area contributed by atoms with Crippen molar-refractivity contribution in [1.29, 1.82) is 0 Å². The molecule has 1 atom stereocenters. The van der Waals surface area contributed by atoms with E-state index in [1.54, 1.807) is 6.20 Å². The maximum Gasteiger partial charge on any atom is 0.0837 e. The van der Waals surface area contributed by atoms with E-state index in [2.05, 4.69) is 58.4 Å². The Morgan fingerprint density at radius 2 is 2.20 bits per heavy atom. The van der Waals surface area contributed by atoms with Crippen molar-refractivity contribution in [3.05, 3.63) is 50.7 Å². The number of hydrogen-bond acceptors (Lipinski definition) is 2. The average molecular weight is 357 g/mol. The Labute approximate surface area is 133 Å². The van der Waals surface area contributed by atoms with Crippen LogP contribution in [-0.4, -0.2) is 16.3 Å². The quantitative estimate of drug-likeness (QED) is 0.868. The van der Waals surface area contributed by atoms with Gasteiger partial charge in [-0.05, 0) is 37.1 Å². The van der Waals surface area contributed by atoms with Gasteiger partial charge in [0, 0.05) is 11.5 Å². The summed E-state index contributed by atoms with van der Waals surface area (Å²) in [5, 5.41) is 8.49. The molecule has 0 bridgehead atoms. The summed E-state index contributed by atoms with van der Waals surface area (Å²) in [7, 11) is 1.92. The fourth-order valence-corrected chi connectivity index (χ4v) is 3.25. The Balaban J connectivity index is 2.47. The van der Waals surface area contributed by atoms with Gasteiger partial charge in [-0.2, -0.15) is 5.10 Å². The van der Waals surface area contributed by atoms with Crippen LogP contribution in [0.15, 0.2) is 28.9 Å². The van der Waals surface area contributed by atoms with Crippen LogP contribution in [-0.2, 0) is 7.05 Å². The maximum atomic E-state index is 6.31. The van der Waals surface area contributed by atoms with Crippen LogP contribution in [0.5, 0.6) is 0 Å². The van der Waals surface area contributed by atoms with Crippen molar-refractivity contribution in [3.63, 3.8) is 0 Å². The zero-order valence-electron chi connectivity index (χ0n) is 12.0. The lowest BCUT2D eigenvalue weighted by Gasteiger charge is -2.21. The van der Waals surface area contributed by atoms with E-state index in [0.29, 0.717) is 5.02 Å². The van der Waals surface area contributed by atoms with Gasteiger partial charge in [0.05, 0.1) is 23.0 Å². The summed E-state index contributed by atoms with van der Waals surface area (Å²) < 4.78 is 2.92. The number of nitrogens with zero attached hydrogens (tertiary/aromatic N) is 2. The highest BCUT2D eigenvalue weighted by Gasteiger charge is 2.22. The third-order valence-electron chi connectivity index (χ3n) is 3.28. The zero-order valence-corrected chi connectivity index (χ0v) is 14.3. The highest BCUT2D eigenvalue weighted by molar-refractivity contribution is 9.10. The van der Waals surface area contributed by atoms with Gasteiger partial charge in [-0.1, -0.05) is 46.6 Å². The Bertz CT molecular complexity index is 575. The summed E-state index contributed by atoms with van der Waals surface area (Å²) in [6.07, 6.45) is 2.76. The zero-order chi connectivity index (χ0) is 14.7. The first-order valence-electron chi connectivity index (χ1n) is 6.71. The fourth-order valence-electron chi connectivity index (χ4n) is 2.25. The number of rotatable bonds is 5. The van der Waals surface area contributed by atoms with Gasteiger partial charge in [0.15, 0.2) is 0 Å². The molecule has 0 saturated heterocycles. The molecule has 1 heterocycles. The second kappa shape index (κ2) is 6.74. The summed E-state index contributed by atoms with van der Waals surface area (Å²) in [6, 6.07) is 6.41. The van der Waals surface area contributed by atoms with Crippen molar-refractivity contribution < 1.29 is 0 Å². The van der Waals surface area contributed by atoms with E-state index < -0.39 is 0 Å². The van der Waals surface area contributed by atoms with Crippen molar-refractivity contribution >= 4 is 27.5 Å². The standard InChI is InChI=1S/C15H19BrClN3/c1-4-7-18-14(15-13(17)9-19-20(15)3)11-6-5-10(2)8-12(11)16/h5-6,8-9,14,18H,4,7H2,1-3H3. The fraction of sp³-hybridized carbons (Fsp3) is 0.400. The second-order valence-corrected chi connectivity index (χ2v) is 6.17. The topological polar surface area (TPSA) is 29.9 Å². The first kappa shape index (κ1) is 15.5. The van der Waals surface area contributed by atoms with Crippen LogP contribution in [0.3, 0.4) is 0 Å². The molecule has 0 saturated carbocycles. The Morgan fingerprint density at radius 1 is 1.45 bits per heavy atom. The molecule has 0 amide bonds. The van der Waals surface area contributed by atoms with Crippen molar-refractivity contribution in [2.24, 2.45) is 7.05 Å². The van der Waals surface area contributed by atoms with E-state index in [-0.39, 0.29) is 6.04 Å². The molecule has 0 fully saturated rings. The van der Waals surface area contributed by atoms with Crippen LogP contribution in [0, 0.1) is 6.92 Å². The largest absolute Gasteiger partial charge is 0.305 e. The summed E-state index contributed by atoms with van der Waals surface area (Å²) in [5.74, 6) is 0. The highest BCUT2D eigenvalue weighted by Crippen LogP contribution is 2.32. The Morgan fingerprint density at radius 3 is 2.75 bits per heavy atom. The Kier molecular flexibility index (Phi) is 5.24. The number of halogens is 2. The number of hydrogen-bond donors (Lipinski definition) is 1. The molecular formula is C15H19BrClN3. The predicted octanol–water partition coefficient (Wildman–Crippen LogP) is 4.23. The van der Waals surface area contributed by atoms with Gasteiger partial charge in [0.2, 0.25) is 0 Å². The highest BCUT2D eigenvalue weighted by atomic mass is 79.9. The molecule has 1 aromatic carbocycles. The molecular weight excluding hydrogens is 338 g/mol. The second-order valence-electron chi connectivity index (χ2n) is 4.91. The maximum absolute atomic E-state index is 6.31. The molecule has 108 valence electrons. The molecule has 20 heavy (non-hydrogen) atoms. The lowest BCUT2D eigenvalue weighted by Crippen LogP contribution is -2.26. The Hall–Kier alpha value is -0.840. The van der Waals surface area contributed by atoms with Crippen LogP contribution < -0.4 is 5.32 Å². The molecule has 2 rings (SSSR count). The van der Waals surface area contributed by atoms with Gasteiger partial charge in [-0.3, -0.25) is 4.68 Å². The molecule has 5 heteroatoms. The predicted molar refractivity (Wildman–Crippen MR) is 87.2 cm³/mol. The van der Waals surface area contributed by atoms with Crippen LogP contribution in [0.2, 0.25) is 5.02 Å². The lowest BCUT2D eigenvalue weighted by molar-refractivity contribution is 0.552. The van der Waals surface area contributed by atoms with E-state index >= 15 is 0 Å². The van der Waals surface area contributed by atoms with E-state index in [1.165, 1.54) is 11.1 Å². The molecule has 1 aromatic heterocycles. The summed E-state index contributed by atoms with van der Waals surface area (Å²) >= 11 is 9.98. The van der Waals surface area contributed by atoms with Crippen LogP contribution in [0.25, 0.3) is 0 Å². The van der Waals surface area contributed by atoms with E-state index in [4.69, 9.17) is 11.6 Å². The molecule has 0 radical (unpaired) electrons. The molecule has 0 spiro atoms. The van der Waals surface area contributed by atoms with E-state index in [1.807, 2.05) is 11.7 Å². The number of benzene rings is 1. The summed E-state index contributed by atoms with van der Waals surface area (Å²) in [5.41, 5.74) is 3.39. The molecule has 1 N–H and O–H groups in total. The van der Waals surface area contributed by atoms with Gasteiger partial charge in [-0.15, -0.1) is 0 Å². The third-order valence-corrected chi connectivity index (χ3v) is 4.25. The van der Waals surface area contributed by atoms with Gasteiger partial charge in [0.25, 0.3) is 0 Å². The van der Waals surface area contributed by atoms with Gasteiger partial charge >= 0.3 is 0 Å². The van der Waals surface area contributed by atoms with Crippen molar-refractivity contribution in [2.45, 2.75) is 26.3 Å². The van der Waals surface area contributed by atoms with Crippen LogP contribution >= 0.6 is 27.5 Å². The molecule has 1 unspecified atom stereocenters. The average Bonchev–Trinajstić information content (AvgIpc) is 2.72. The molecule has 2 aromatic rings. The minimum atomic E-state index is 0.0323. The molecule has 0 aliphatic rings. The SMILES string of the molecule is CCCNC(c1ccc(C)cc1Br)c1c(Cl)cnn1C. The van der Waals surface area contributed by atoms with Crippen molar-refractivity contribution in [2.75, 3.05) is 6.54 Å².